The Hall–Kier alpha value is -2.38. The molecule has 0 spiro atoms. The number of sulfonamides is 1. The maximum atomic E-state index is 13.8. The largest absolute Gasteiger partial charge is 0.381 e. The van der Waals surface area contributed by atoms with E-state index in [0.717, 1.165) is 60.3 Å². The summed E-state index contributed by atoms with van der Waals surface area (Å²) in [5.74, 6) is 0.739. The third-order valence-electron chi connectivity index (χ3n) is 6.06. The summed E-state index contributed by atoms with van der Waals surface area (Å²) in [6.07, 6.45) is 4.04. The first-order chi connectivity index (χ1) is 15.2. The Labute approximate surface area is 191 Å². The van der Waals surface area contributed by atoms with E-state index >= 15 is 0 Å². The second-order valence-corrected chi connectivity index (χ2v) is 11.2. The highest BCUT2D eigenvalue weighted by Crippen LogP contribution is 2.30. The normalized spacial score (nSPS) is 15.5. The highest BCUT2D eigenvalue weighted by Gasteiger charge is 2.27. The molecule has 2 heterocycles. The predicted molar refractivity (Wildman–Crippen MR) is 129 cm³/mol. The maximum absolute atomic E-state index is 13.8. The van der Waals surface area contributed by atoms with Gasteiger partial charge in [-0.1, -0.05) is 26.0 Å². The Morgan fingerprint density at radius 3 is 2.59 bits per heavy atom. The summed E-state index contributed by atoms with van der Waals surface area (Å²) in [5, 5.41) is 5.53. The minimum Gasteiger partial charge on any atom is -0.381 e. The molecule has 1 aromatic heterocycles. The number of fused-ring (bicyclic) bond motifs is 1. The van der Waals surface area contributed by atoms with Gasteiger partial charge >= 0.3 is 0 Å². The van der Waals surface area contributed by atoms with Gasteiger partial charge in [-0.2, -0.15) is 5.10 Å². The number of anilines is 1. The van der Waals surface area contributed by atoms with Crippen LogP contribution < -0.4 is 4.31 Å². The molecule has 3 aromatic rings. The van der Waals surface area contributed by atoms with Gasteiger partial charge in [0.1, 0.15) is 0 Å². The first kappa shape index (κ1) is 22.8. The van der Waals surface area contributed by atoms with E-state index in [1.807, 2.05) is 62.8 Å². The van der Waals surface area contributed by atoms with Gasteiger partial charge in [-0.25, -0.2) is 8.42 Å². The quantitative estimate of drug-likeness (QED) is 0.507. The Kier molecular flexibility index (Phi) is 6.58. The summed E-state index contributed by atoms with van der Waals surface area (Å²) in [5.41, 5.74) is 3.55. The zero-order chi connectivity index (χ0) is 22.9. The van der Waals surface area contributed by atoms with Crippen molar-refractivity contribution in [3.63, 3.8) is 0 Å². The lowest BCUT2D eigenvalue weighted by atomic mass is 10.0. The number of nitrogens with zero attached hydrogens (tertiary/aromatic N) is 3. The highest BCUT2D eigenvalue weighted by molar-refractivity contribution is 7.92. The molecule has 172 valence electrons. The van der Waals surface area contributed by atoms with Gasteiger partial charge in [-0.15, -0.1) is 0 Å². The average Bonchev–Trinajstić information content (AvgIpc) is 3.16. The standard InChI is InChI=1S/C25H33N3O3S/c1-18(2)15-28(25-13-19(3)5-6-20(25)4)32(29,30)23-7-8-24-22(14-23)17-27(26-24)16-21-9-11-31-12-10-21/h5-8,13-14,17-18,21H,9-12,15-16H2,1-4H3. The molecule has 0 amide bonds. The van der Waals surface area contributed by atoms with E-state index in [-0.39, 0.29) is 5.92 Å². The van der Waals surface area contributed by atoms with Crippen molar-refractivity contribution >= 4 is 26.6 Å². The fourth-order valence-corrected chi connectivity index (χ4v) is 6.00. The molecule has 1 aliphatic rings. The van der Waals surface area contributed by atoms with Crippen LogP contribution in [0.4, 0.5) is 5.69 Å². The number of rotatable bonds is 7. The van der Waals surface area contributed by atoms with E-state index < -0.39 is 10.0 Å². The molecule has 1 saturated heterocycles. The van der Waals surface area contributed by atoms with Crippen molar-refractivity contribution in [1.29, 1.82) is 0 Å². The Morgan fingerprint density at radius 2 is 1.88 bits per heavy atom. The van der Waals surface area contributed by atoms with Crippen molar-refractivity contribution in [2.24, 2.45) is 11.8 Å². The number of aromatic nitrogens is 2. The predicted octanol–water partition coefficient (Wildman–Crippen LogP) is 4.93. The monoisotopic (exact) mass is 455 g/mol. The number of ether oxygens (including phenoxy) is 1. The van der Waals surface area contributed by atoms with Gasteiger partial charge < -0.3 is 4.74 Å². The van der Waals surface area contributed by atoms with Crippen molar-refractivity contribution in [3.05, 3.63) is 53.7 Å². The Bertz CT molecular complexity index is 1190. The van der Waals surface area contributed by atoms with Crippen LogP contribution >= 0.6 is 0 Å². The van der Waals surface area contributed by atoms with Crippen LogP contribution in [0.15, 0.2) is 47.5 Å². The third kappa shape index (κ3) is 4.84. The van der Waals surface area contributed by atoms with Gasteiger partial charge in [0.15, 0.2) is 0 Å². The molecule has 7 heteroatoms. The minimum atomic E-state index is -3.72. The van der Waals surface area contributed by atoms with Crippen molar-refractivity contribution in [1.82, 2.24) is 9.78 Å². The Balaban J connectivity index is 1.68. The number of benzene rings is 2. The van der Waals surface area contributed by atoms with Crippen LogP contribution in [-0.4, -0.2) is 38.0 Å². The van der Waals surface area contributed by atoms with E-state index in [9.17, 15) is 8.42 Å². The zero-order valence-electron chi connectivity index (χ0n) is 19.4. The smallest absolute Gasteiger partial charge is 0.264 e. The summed E-state index contributed by atoms with van der Waals surface area (Å²) in [7, 11) is -3.72. The van der Waals surface area contributed by atoms with Crippen LogP contribution in [0.1, 0.15) is 37.8 Å². The van der Waals surface area contributed by atoms with Gasteiger partial charge in [-0.05, 0) is 73.9 Å². The average molecular weight is 456 g/mol. The molecular formula is C25H33N3O3S. The number of aryl methyl sites for hydroxylation is 2. The lowest BCUT2D eigenvalue weighted by Gasteiger charge is -2.28. The molecule has 0 aliphatic carbocycles. The van der Waals surface area contributed by atoms with Crippen molar-refractivity contribution in [2.75, 3.05) is 24.1 Å². The highest BCUT2D eigenvalue weighted by atomic mass is 32.2. The fraction of sp³-hybridized carbons (Fsp3) is 0.480. The molecule has 1 fully saturated rings. The van der Waals surface area contributed by atoms with Crippen LogP contribution in [0.5, 0.6) is 0 Å². The zero-order valence-corrected chi connectivity index (χ0v) is 20.2. The lowest BCUT2D eigenvalue weighted by molar-refractivity contribution is 0.0602. The van der Waals surface area contributed by atoms with Gasteiger partial charge in [0.25, 0.3) is 10.0 Å². The van der Waals surface area contributed by atoms with Crippen LogP contribution in [0.3, 0.4) is 0 Å². The van der Waals surface area contributed by atoms with Gasteiger partial charge in [0.2, 0.25) is 0 Å². The van der Waals surface area contributed by atoms with Crippen LogP contribution in [0, 0.1) is 25.7 Å². The third-order valence-corrected chi connectivity index (χ3v) is 7.84. The second-order valence-electron chi connectivity index (χ2n) is 9.35. The summed E-state index contributed by atoms with van der Waals surface area (Å²) in [4.78, 5) is 0.303. The summed E-state index contributed by atoms with van der Waals surface area (Å²) >= 11 is 0. The van der Waals surface area contributed by atoms with Gasteiger partial charge in [0.05, 0.1) is 16.1 Å². The first-order valence-electron chi connectivity index (χ1n) is 11.4. The van der Waals surface area contributed by atoms with E-state index in [0.29, 0.717) is 17.4 Å². The SMILES string of the molecule is Cc1ccc(C)c(N(CC(C)C)S(=O)(=O)c2ccc3nn(CC4CCOCC4)cc3c2)c1. The molecule has 4 rings (SSSR count). The van der Waals surface area contributed by atoms with Crippen molar-refractivity contribution in [2.45, 2.75) is 52.0 Å². The lowest BCUT2D eigenvalue weighted by Crippen LogP contribution is -2.34. The summed E-state index contributed by atoms with van der Waals surface area (Å²) in [6.45, 7) is 10.9. The van der Waals surface area contributed by atoms with Gasteiger partial charge in [0, 0.05) is 37.9 Å². The molecule has 0 atom stereocenters. The van der Waals surface area contributed by atoms with E-state index in [1.54, 1.807) is 16.4 Å². The second kappa shape index (κ2) is 9.24. The maximum Gasteiger partial charge on any atom is 0.264 e. The van der Waals surface area contributed by atoms with E-state index in [2.05, 4.69) is 5.10 Å². The van der Waals surface area contributed by atoms with Crippen molar-refractivity contribution < 1.29 is 13.2 Å². The molecular weight excluding hydrogens is 422 g/mol. The molecule has 0 bridgehead atoms. The number of hydrogen-bond donors (Lipinski definition) is 0. The molecule has 0 radical (unpaired) electrons. The molecule has 0 N–H and O–H groups in total. The van der Waals surface area contributed by atoms with Crippen molar-refractivity contribution in [3.8, 4) is 0 Å². The van der Waals surface area contributed by atoms with Crippen LogP contribution in [0.2, 0.25) is 0 Å². The van der Waals surface area contributed by atoms with E-state index in [1.165, 1.54) is 0 Å². The van der Waals surface area contributed by atoms with Crippen LogP contribution in [-0.2, 0) is 21.3 Å². The molecule has 32 heavy (non-hydrogen) atoms. The Morgan fingerprint density at radius 1 is 1.12 bits per heavy atom. The number of hydrogen-bond acceptors (Lipinski definition) is 4. The summed E-state index contributed by atoms with van der Waals surface area (Å²) in [6, 6.07) is 11.2. The molecule has 0 unspecified atom stereocenters. The summed E-state index contributed by atoms with van der Waals surface area (Å²) < 4.78 is 36.5. The fourth-order valence-electron chi connectivity index (χ4n) is 4.28. The van der Waals surface area contributed by atoms with Crippen LogP contribution in [0.25, 0.3) is 10.9 Å². The molecule has 6 nitrogen and oxygen atoms in total. The molecule has 2 aromatic carbocycles. The minimum absolute atomic E-state index is 0.190. The van der Waals surface area contributed by atoms with E-state index in [4.69, 9.17) is 4.74 Å². The topological polar surface area (TPSA) is 64.4 Å². The first-order valence-corrected chi connectivity index (χ1v) is 12.8. The van der Waals surface area contributed by atoms with Gasteiger partial charge in [-0.3, -0.25) is 8.99 Å². The molecule has 1 aliphatic heterocycles. The molecule has 0 saturated carbocycles.